The zero-order chi connectivity index (χ0) is 24.0. The number of hydrogen-bond donors (Lipinski definition) is 2. The largest absolute Gasteiger partial charge is 0.486 e. The van der Waals surface area contributed by atoms with Crippen LogP contribution in [-0.4, -0.2) is 61.5 Å². The number of hydrogen-bond acceptors (Lipinski definition) is 6. The highest BCUT2D eigenvalue weighted by Crippen LogP contribution is 2.35. The molecule has 0 fully saturated rings. The maximum atomic E-state index is 12.4. The summed E-state index contributed by atoms with van der Waals surface area (Å²) in [7, 11) is 3.76. The Morgan fingerprint density at radius 1 is 1.24 bits per heavy atom. The summed E-state index contributed by atoms with van der Waals surface area (Å²) in [5.41, 5.74) is 4.02. The van der Waals surface area contributed by atoms with Crippen LogP contribution in [0, 0.1) is 0 Å². The van der Waals surface area contributed by atoms with Crippen LogP contribution < -0.4 is 4.74 Å². The molecular formula is C23H23Cl2N7O2. The van der Waals surface area contributed by atoms with Gasteiger partial charge in [0, 0.05) is 23.3 Å². The van der Waals surface area contributed by atoms with E-state index in [0.717, 1.165) is 22.3 Å². The molecule has 9 nitrogen and oxygen atoms in total. The third-order valence-corrected chi connectivity index (χ3v) is 6.33. The lowest BCUT2D eigenvalue weighted by atomic mass is 10.1. The number of aromatic nitrogens is 5. The number of imidazole rings is 1. The molecule has 5 rings (SSSR count). The molecule has 4 aromatic rings. The number of ether oxygens (including phenoxy) is 1. The first-order valence-electron chi connectivity index (χ1n) is 10.7. The summed E-state index contributed by atoms with van der Waals surface area (Å²) in [5, 5.41) is 9.28. The number of carbonyl (C=O) groups excluding carboxylic acids is 1. The van der Waals surface area contributed by atoms with Crippen molar-refractivity contribution in [2.24, 2.45) is 0 Å². The normalized spacial score (nSPS) is 14.1. The topological polar surface area (TPSA) is 103 Å². The van der Waals surface area contributed by atoms with Crippen LogP contribution in [0.5, 0.6) is 5.75 Å². The number of benzene rings is 1. The Morgan fingerprint density at radius 3 is 2.71 bits per heavy atom. The van der Waals surface area contributed by atoms with Crippen molar-refractivity contribution in [1.82, 2.24) is 34.9 Å². The molecule has 176 valence electrons. The van der Waals surface area contributed by atoms with Gasteiger partial charge >= 0.3 is 0 Å². The minimum absolute atomic E-state index is 0.0773. The number of H-pyrrole nitrogens is 2. The van der Waals surface area contributed by atoms with Crippen LogP contribution in [0.15, 0.2) is 30.6 Å². The summed E-state index contributed by atoms with van der Waals surface area (Å²) < 4.78 is 6.15. The van der Waals surface area contributed by atoms with Gasteiger partial charge in [0.15, 0.2) is 5.82 Å². The summed E-state index contributed by atoms with van der Waals surface area (Å²) >= 11 is 12.6. The first kappa shape index (κ1) is 22.6. The highest BCUT2D eigenvalue weighted by Gasteiger charge is 2.28. The summed E-state index contributed by atoms with van der Waals surface area (Å²) in [6, 6.07) is 5.68. The van der Waals surface area contributed by atoms with Crippen LogP contribution in [0.3, 0.4) is 0 Å². The fourth-order valence-electron chi connectivity index (χ4n) is 4.11. The van der Waals surface area contributed by atoms with E-state index in [2.05, 4.69) is 20.2 Å². The SMILES string of the molecule is C[C@@H](Oc1ccc2[nH]nc(-c3nc4c([nH]3)CN(C(=O)CN(C)C)C4)c2c1)c1c(Cl)cncc1Cl. The number of nitrogens with one attached hydrogen (secondary N) is 2. The molecule has 1 atom stereocenters. The number of amides is 1. The molecule has 3 aromatic heterocycles. The van der Waals surface area contributed by atoms with Crippen molar-refractivity contribution in [3.8, 4) is 17.3 Å². The van der Waals surface area contributed by atoms with Crippen LogP contribution in [0.1, 0.15) is 30.0 Å². The summed E-state index contributed by atoms with van der Waals surface area (Å²) in [6.45, 7) is 3.25. The fourth-order valence-corrected chi connectivity index (χ4v) is 4.79. The highest BCUT2D eigenvalue weighted by atomic mass is 35.5. The molecule has 0 saturated carbocycles. The van der Waals surface area contributed by atoms with Crippen LogP contribution in [0.2, 0.25) is 10.0 Å². The first-order valence-corrected chi connectivity index (χ1v) is 11.5. The highest BCUT2D eigenvalue weighted by molar-refractivity contribution is 6.35. The van der Waals surface area contributed by atoms with E-state index in [4.69, 9.17) is 32.9 Å². The first-order chi connectivity index (χ1) is 16.3. The van der Waals surface area contributed by atoms with Gasteiger partial charge in [-0.1, -0.05) is 23.2 Å². The third-order valence-electron chi connectivity index (χ3n) is 5.73. The second-order valence-corrected chi connectivity index (χ2v) is 9.37. The molecule has 34 heavy (non-hydrogen) atoms. The van der Waals surface area contributed by atoms with E-state index in [0.29, 0.717) is 52.5 Å². The Balaban J connectivity index is 1.38. The van der Waals surface area contributed by atoms with Gasteiger partial charge in [-0.15, -0.1) is 0 Å². The molecular weight excluding hydrogens is 477 g/mol. The molecule has 1 aliphatic rings. The monoisotopic (exact) mass is 499 g/mol. The number of carbonyl (C=O) groups is 1. The second-order valence-electron chi connectivity index (χ2n) is 8.55. The molecule has 0 radical (unpaired) electrons. The molecule has 0 unspecified atom stereocenters. The fraction of sp³-hybridized carbons (Fsp3) is 0.304. The number of nitrogens with zero attached hydrogens (tertiary/aromatic N) is 5. The Hall–Kier alpha value is -3.14. The van der Waals surface area contributed by atoms with Gasteiger partial charge in [-0.05, 0) is 39.2 Å². The standard InChI is InChI=1S/C23H23Cl2N7O2/c1-12(21-15(24)7-26-8-16(21)25)34-13-4-5-17-14(6-13)22(30-29-17)23-27-18-9-32(10-19(18)28-23)20(33)11-31(2)3/h4-8,12H,9-11H2,1-3H3,(H,27,28)(H,29,30)/t12-/m1/s1. The summed E-state index contributed by atoms with van der Waals surface area (Å²) in [4.78, 5) is 28.1. The van der Waals surface area contributed by atoms with Gasteiger partial charge in [-0.25, -0.2) is 4.98 Å². The van der Waals surface area contributed by atoms with Crippen LogP contribution in [-0.2, 0) is 17.9 Å². The molecule has 0 saturated heterocycles. The maximum Gasteiger partial charge on any atom is 0.237 e. The van der Waals surface area contributed by atoms with E-state index in [-0.39, 0.29) is 12.0 Å². The lowest BCUT2D eigenvalue weighted by Gasteiger charge is -2.18. The molecule has 11 heteroatoms. The van der Waals surface area contributed by atoms with Crippen molar-refractivity contribution < 1.29 is 9.53 Å². The third kappa shape index (κ3) is 4.22. The summed E-state index contributed by atoms with van der Waals surface area (Å²) in [5.74, 6) is 1.38. The number of pyridine rings is 1. The molecule has 0 aliphatic carbocycles. The van der Waals surface area contributed by atoms with E-state index in [1.807, 2.05) is 44.1 Å². The van der Waals surface area contributed by atoms with E-state index in [1.165, 1.54) is 0 Å². The molecule has 0 spiro atoms. The lowest BCUT2D eigenvalue weighted by molar-refractivity contribution is -0.132. The lowest BCUT2D eigenvalue weighted by Crippen LogP contribution is -2.34. The van der Waals surface area contributed by atoms with Gasteiger partial charge in [0.05, 0.1) is 46.6 Å². The van der Waals surface area contributed by atoms with Gasteiger partial charge in [-0.2, -0.15) is 5.10 Å². The van der Waals surface area contributed by atoms with Gasteiger partial charge in [0.1, 0.15) is 17.5 Å². The van der Waals surface area contributed by atoms with Crippen molar-refractivity contribution in [1.29, 1.82) is 0 Å². The Morgan fingerprint density at radius 2 is 2.00 bits per heavy atom. The zero-order valence-electron chi connectivity index (χ0n) is 18.9. The molecule has 1 aromatic carbocycles. The molecule has 4 heterocycles. The predicted molar refractivity (Wildman–Crippen MR) is 130 cm³/mol. The summed E-state index contributed by atoms with van der Waals surface area (Å²) in [6.07, 6.45) is 2.71. The Labute approximate surface area is 206 Å². The van der Waals surface area contributed by atoms with E-state index in [1.54, 1.807) is 17.3 Å². The smallest absolute Gasteiger partial charge is 0.237 e. The Kier molecular flexibility index (Phi) is 5.93. The van der Waals surface area contributed by atoms with Gasteiger partial charge in [0.2, 0.25) is 5.91 Å². The number of rotatable bonds is 6. The number of fused-ring (bicyclic) bond motifs is 2. The maximum absolute atomic E-state index is 12.4. The average molecular weight is 500 g/mol. The van der Waals surface area contributed by atoms with Crippen molar-refractivity contribution in [2.75, 3.05) is 20.6 Å². The zero-order valence-corrected chi connectivity index (χ0v) is 20.4. The second kappa shape index (κ2) is 8.90. The van der Waals surface area contributed by atoms with Gasteiger partial charge < -0.3 is 19.5 Å². The molecule has 1 amide bonds. The van der Waals surface area contributed by atoms with Crippen molar-refractivity contribution >= 4 is 40.0 Å². The average Bonchev–Trinajstić information content (AvgIpc) is 3.45. The van der Waals surface area contributed by atoms with Crippen molar-refractivity contribution in [3.05, 3.63) is 57.6 Å². The predicted octanol–water partition coefficient (Wildman–Crippen LogP) is 4.20. The van der Waals surface area contributed by atoms with Crippen molar-refractivity contribution in [3.63, 3.8) is 0 Å². The minimum Gasteiger partial charge on any atom is -0.486 e. The van der Waals surface area contributed by atoms with E-state index >= 15 is 0 Å². The van der Waals surface area contributed by atoms with Crippen LogP contribution in [0.4, 0.5) is 0 Å². The quantitative estimate of drug-likeness (QED) is 0.412. The van der Waals surface area contributed by atoms with E-state index < -0.39 is 0 Å². The number of likely N-dealkylation sites (N-methyl/N-ethyl adjacent to an activating group) is 1. The molecule has 0 bridgehead atoms. The number of halogens is 2. The van der Waals surface area contributed by atoms with Crippen LogP contribution >= 0.6 is 23.2 Å². The van der Waals surface area contributed by atoms with Gasteiger partial charge in [-0.3, -0.25) is 14.9 Å². The van der Waals surface area contributed by atoms with Crippen LogP contribution in [0.25, 0.3) is 22.4 Å². The minimum atomic E-state index is -0.381. The molecule has 2 N–H and O–H groups in total. The molecule has 1 aliphatic heterocycles. The van der Waals surface area contributed by atoms with Gasteiger partial charge in [0.25, 0.3) is 0 Å². The van der Waals surface area contributed by atoms with Crippen molar-refractivity contribution in [2.45, 2.75) is 26.1 Å². The number of aromatic amines is 2. The Bertz CT molecular complexity index is 1340. The van der Waals surface area contributed by atoms with E-state index in [9.17, 15) is 4.79 Å².